The molecule has 1 atom stereocenters. The Balaban J connectivity index is 1.69. The number of hydrogen-bond donors (Lipinski definition) is 0. The van der Waals surface area contributed by atoms with Crippen LogP contribution in [0.15, 0.2) is 42.7 Å². The summed E-state index contributed by atoms with van der Waals surface area (Å²) in [4.78, 5) is 28.1. The molecule has 1 fully saturated rings. The molecule has 6 heteroatoms. The van der Waals surface area contributed by atoms with Gasteiger partial charge in [-0.1, -0.05) is 18.2 Å². The summed E-state index contributed by atoms with van der Waals surface area (Å²) in [5.74, 6) is -0.0128. The van der Waals surface area contributed by atoms with Gasteiger partial charge in [0.1, 0.15) is 6.04 Å². The highest BCUT2D eigenvalue weighted by molar-refractivity contribution is 5.88. The Hall–Kier alpha value is -2.63. The van der Waals surface area contributed by atoms with Crippen molar-refractivity contribution in [2.75, 3.05) is 20.6 Å². The van der Waals surface area contributed by atoms with Crippen molar-refractivity contribution in [3.8, 4) is 5.69 Å². The summed E-state index contributed by atoms with van der Waals surface area (Å²) in [5.41, 5.74) is 1.81. The zero-order chi connectivity index (χ0) is 17.1. The van der Waals surface area contributed by atoms with Gasteiger partial charge in [0.05, 0.1) is 18.3 Å². The van der Waals surface area contributed by atoms with Gasteiger partial charge in [-0.3, -0.25) is 9.59 Å². The predicted molar refractivity (Wildman–Crippen MR) is 90.7 cm³/mol. The number of benzene rings is 1. The first-order valence-corrected chi connectivity index (χ1v) is 8.16. The number of hydrogen-bond acceptors (Lipinski definition) is 3. The first-order chi connectivity index (χ1) is 11.6. The van der Waals surface area contributed by atoms with Crippen molar-refractivity contribution < 1.29 is 9.59 Å². The molecule has 1 aromatic carbocycles. The van der Waals surface area contributed by atoms with E-state index in [1.54, 1.807) is 34.8 Å². The molecule has 2 amide bonds. The Bertz CT molecular complexity index is 724. The highest BCUT2D eigenvalue weighted by Gasteiger charge is 2.34. The fraction of sp³-hybridized carbons (Fsp3) is 0.389. The van der Waals surface area contributed by atoms with Gasteiger partial charge in [-0.15, -0.1) is 0 Å². The van der Waals surface area contributed by atoms with Gasteiger partial charge in [0.2, 0.25) is 11.8 Å². The van der Waals surface area contributed by atoms with Gasteiger partial charge in [0.25, 0.3) is 0 Å². The van der Waals surface area contributed by atoms with E-state index in [0.29, 0.717) is 6.54 Å². The van der Waals surface area contributed by atoms with E-state index in [1.165, 1.54) is 0 Å². The van der Waals surface area contributed by atoms with Gasteiger partial charge in [0.15, 0.2) is 0 Å². The predicted octanol–water partition coefficient (Wildman–Crippen LogP) is 1.49. The molecule has 1 aliphatic heterocycles. The summed E-state index contributed by atoms with van der Waals surface area (Å²) in [6.45, 7) is 0.649. The fourth-order valence-electron chi connectivity index (χ4n) is 3.07. The molecule has 1 aromatic heterocycles. The summed E-state index contributed by atoms with van der Waals surface area (Å²) in [5, 5.41) is 4.32. The number of para-hydroxylation sites is 1. The lowest BCUT2D eigenvalue weighted by Crippen LogP contribution is -2.45. The van der Waals surface area contributed by atoms with Crippen molar-refractivity contribution in [2.45, 2.75) is 25.3 Å². The number of likely N-dealkylation sites (N-methyl/N-ethyl adjacent to an activating group) is 1. The highest BCUT2D eigenvalue weighted by Crippen LogP contribution is 2.20. The van der Waals surface area contributed by atoms with Crippen LogP contribution in [0.1, 0.15) is 18.4 Å². The second kappa shape index (κ2) is 6.86. The minimum Gasteiger partial charge on any atom is -0.347 e. The summed E-state index contributed by atoms with van der Waals surface area (Å²) < 4.78 is 1.76. The molecular weight excluding hydrogens is 304 g/mol. The summed E-state index contributed by atoms with van der Waals surface area (Å²) >= 11 is 0. The van der Waals surface area contributed by atoms with Gasteiger partial charge in [0, 0.05) is 26.8 Å². The lowest BCUT2D eigenvalue weighted by Gasteiger charge is -2.26. The highest BCUT2D eigenvalue weighted by atomic mass is 16.2. The van der Waals surface area contributed by atoms with E-state index >= 15 is 0 Å². The van der Waals surface area contributed by atoms with Gasteiger partial charge in [-0.25, -0.2) is 4.68 Å². The second-order valence-corrected chi connectivity index (χ2v) is 6.28. The molecule has 1 aliphatic rings. The average Bonchev–Trinajstić information content (AvgIpc) is 3.24. The van der Waals surface area contributed by atoms with E-state index in [9.17, 15) is 9.59 Å². The van der Waals surface area contributed by atoms with Crippen LogP contribution in [0.3, 0.4) is 0 Å². The Labute approximate surface area is 141 Å². The molecule has 0 N–H and O–H groups in total. The molecule has 2 aromatic rings. The van der Waals surface area contributed by atoms with Crippen molar-refractivity contribution in [3.63, 3.8) is 0 Å². The van der Waals surface area contributed by atoms with E-state index in [2.05, 4.69) is 5.10 Å². The minimum atomic E-state index is -0.323. The van der Waals surface area contributed by atoms with Gasteiger partial charge in [-0.2, -0.15) is 5.10 Å². The van der Waals surface area contributed by atoms with E-state index in [-0.39, 0.29) is 24.3 Å². The number of likely N-dealkylation sites (tertiary alicyclic amines) is 1. The van der Waals surface area contributed by atoms with Crippen molar-refractivity contribution in [2.24, 2.45) is 0 Å². The molecule has 6 nitrogen and oxygen atoms in total. The molecule has 3 rings (SSSR count). The molecule has 1 unspecified atom stereocenters. The van der Waals surface area contributed by atoms with Crippen molar-refractivity contribution in [1.29, 1.82) is 0 Å². The Morgan fingerprint density at radius 1 is 1.25 bits per heavy atom. The zero-order valence-corrected chi connectivity index (χ0v) is 14.1. The molecular formula is C18H22N4O2. The number of aromatic nitrogens is 2. The third-order valence-electron chi connectivity index (χ3n) is 4.31. The van der Waals surface area contributed by atoms with Crippen molar-refractivity contribution >= 4 is 11.8 Å². The van der Waals surface area contributed by atoms with Crippen LogP contribution in [-0.4, -0.2) is 58.1 Å². The smallest absolute Gasteiger partial charge is 0.244 e. The normalized spacial score (nSPS) is 17.1. The molecule has 0 radical (unpaired) electrons. The van der Waals surface area contributed by atoms with Gasteiger partial charge >= 0.3 is 0 Å². The van der Waals surface area contributed by atoms with Crippen LogP contribution in [0.4, 0.5) is 0 Å². The molecule has 24 heavy (non-hydrogen) atoms. The third-order valence-corrected chi connectivity index (χ3v) is 4.31. The molecule has 2 heterocycles. The molecule has 0 aliphatic carbocycles. The Morgan fingerprint density at radius 2 is 2.00 bits per heavy atom. The number of carbonyl (C=O) groups excluding carboxylic acids is 2. The maximum Gasteiger partial charge on any atom is 0.244 e. The van der Waals surface area contributed by atoms with Crippen LogP contribution in [0.5, 0.6) is 0 Å². The lowest BCUT2D eigenvalue weighted by atomic mass is 10.1. The van der Waals surface area contributed by atoms with Crippen molar-refractivity contribution in [1.82, 2.24) is 19.6 Å². The summed E-state index contributed by atoms with van der Waals surface area (Å²) in [7, 11) is 3.46. The summed E-state index contributed by atoms with van der Waals surface area (Å²) in [6, 6.07) is 9.45. The van der Waals surface area contributed by atoms with Crippen molar-refractivity contribution in [3.05, 3.63) is 48.3 Å². The van der Waals surface area contributed by atoms with Gasteiger partial charge in [-0.05, 0) is 30.5 Å². The SMILES string of the molecule is CN(C)C(=O)C1CCCN1C(=O)Cc1cnn(-c2ccccc2)c1. The average molecular weight is 326 g/mol. The van der Waals surface area contributed by atoms with Crippen LogP contribution >= 0.6 is 0 Å². The zero-order valence-electron chi connectivity index (χ0n) is 14.1. The summed E-state index contributed by atoms with van der Waals surface area (Å²) in [6.07, 6.45) is 5.46. The molecule has 0 bridgehead atoms. The van der Waals surface area contributed by atoms with E-state index < -0.39 is 0 Å². The first-order valence-electron chi connectivity index (χ1n) is 8.16. The quantitative estimate of drug-likeness (QED) is 0.855. The minimum absolute atomic E-state index is 0.000769. The van der Waals surface area contributed by atoms with Gasteiger partial charge < -0.3 is 9.80 Å². The number of carbonyl (C=O) groups is 2. The van der Waals surface area contributed by atoms with Crippen LogP contribution in [0.25, 0.3) is 5.69 Å². The van der Waals surface area contributed by atoms with Crippen LogP contribution in [-0.2, 0) is 16.0 Å². The second-order valence-electron chi connectivity index (χ2n) is 6.28. The molecule has 0 spiro atoms. The first kappa shape index (κ1) is 16.2. The maximum absolute atomic E-state index is 12.6. The Morgan fingerprint density at radius 3 is 2.71 bits per heavy atom. The largest absolute Gasteiger partial charge is 0.347 e. The lowest BCUT2D eigenvalue weighted by molar-refractivity contribution is -0.141. The molecule has 0 saturated carbocycles. The van der Waals surface area contributed by atoms with E-state index in [1.807, 2.05) is 36.5 Å². The standard InChI is InChI=1S/C18H22N4O2/c1-20(2)18(24)16-9-6-10-21(16)17(23)11-14-12-19-22(13-14)15-7-4-3-5-8-15/h3-5,7-8,12-13,16H,6,9-11H2,1-2H3. The number of rotatable bonds is 4. The molecule has 126 valence electrons. The fourth-order valence-corrected chi connectivity index (χ4v) is 3.07. The van der Waals surface area contributed by atoms with E-state index in [0.717, 1.165) is 24.1 Å². The monoisotopic (exact) mass is 326 g/mol. The van der Waals surface area contributed by atoms with Crippen LogP contribution in [0, 0.1) is 0 Å². The van der Waals surface area contributed by atoms with Crippen LogP contribution < -0.4 is 0 Å². The maximum atomic E-state index is 12.6. The topological polar surface area (TPSA) is 58.4 Å². The molecule has 1 saturated heterocycles. The number of amides is 2. The third kappa shape index (κ3) is 3.32. The van der Waals surface area contributed by atoms with Crippen LogP contribution in [0.2, 0.25) is 0 Å². The van der Waals surface area contributed by atoms with E-state index in [4.69, 9.17) is 0 Å². The Kier molecular flexibility index (Phi) is 4.64. The number of nitrogens with zero attached hydrogens (tertiary/aromatic N) is 4.